The van der Waals surface area contributed by atoms with Crippen molar-refractivity contribution in [3.63, 3.8) is 0 Å². The number of amides is 1. The number of hydrogen-bond acceptors (Lipinski definition) is 3. The van der Waals surface area contributed by atoms with Gasteiger partial charge in [0.1, 0.15) is 11.6 Å². The Balaban J connectivity index is 1.98. The number of benzene rings is 2. The summed E-state index contributed by atoms with van der Waals surface area (Å²) in [6.07, 6.45) is 0. The second-order valence-electron chi connectivity index (χ2n) is 5.19. The third-order valence-electron chi connectivity index (χ3n) is 3.53. The van der Waals surface area contributed by atoms with Gasteiger partial charge < -0.3 is 4.90 Å². The molecule has 5 nitrogen and oxygen atoms in total. The number of rotatable bonds is 3. The Hall–Kier alpha value is -2.48. The zero-order chi connectivity index (χ0) is 16.8. The van der Waals surface area contributed by atoms with Gasteiger partial charge in [0.2, 0.25) is 0 Å². The smallest absolute Gasteiger partial charge is 0.267 e. The molecule has 0 saturated heterocycles. The molecular formula is C15H12F2N2O3S. The maximum atomic E-state index is 13.7. The van der Waals surface area contributed by atoms with E-state index in [9.17, 15) is 22.0 Å². The van der Waals surface area contributed by atoms with E-state index in [2.05, 4.69) is 4.72 Å². The highest BCUT2D eigenvalue weighted by molar-refractivity contribution is 7.92. The summed E-state index contributed by atoms with van der Waals surface area (Å²) in [4.78, 5) is 12.4. The lowest BCUT2D eigenvalue weighted by atomic mass is 10.1. The first-order chi connectivity index (χ1) is 10.8. The van der Waals surface area contributed by atoms with Crippen molar-refractivity contribution in [1.29, 1.82) is 0 Å². The number of carbonyl (C=O) groups excluding carboxylic acids is 1. The number of fused-ring (bicyclic) bond motifs is 1. The molecule has 0 aromatic heterocycles. The van der Waals surface area contributed by atoms with Crippen LogP contribution >= 0.6 is 0 Å². The van der Waals surface area contributed by atoms with Gasteiger partial charge in [0.15, 0.2) is 4.90 Å². The predicted octanol–water partition coefficient (Wildman–Crippen LogP) is 2.35. The van der Waals surface area contributed by atoms with Gasteiger partial charge in [-0.1, -0.05) is 12.1 Å². The van der Waals surface area contributed by atoms with Crippen LogP contribution in [0.1, 0.15) is 15.9 Å². The van der Waals surface area contributed by atoms with Crippen molar-refractivity contribution in [2.45, 2.75) is 11.4 Å². The van der Waals surface area contributed by atoms with E-state index in [1.165, 1.54) is 17.0 Å². The van der Waals surface area contributed by atoms with Crippen molar-refractivity contribution in [1.82, 2.24) is 4.90 Å². The van der Waals surface area contributed by atoms with Crippen LogP contribution in [0.3, 0.4) is 0 Å². The molecule has 0 spiro atoms. The van der Waals surface area contributed by atoms with Gasteiger partial charge in [-0.05, 0) is 29.8 Å². The molecule has 1 aliphatic heterocycles. The Bertz CT molecular complexity index is 893. The van der Waals surface area contributed by atoms with Gasteiger partial charge in [-0.25, -0.2) is 17.2 Å². The maximum Gasteiger partial charge on any atom is 0.267 e. The monoisotopic (exact) mass is 338 g/mol. The number of hydrogen-bond donors (Lipinski definition) is 1. The second kappa shape index (κ2) is 5.31. The molecule has 3 rings (SSSR count). The molecule has 0 aliphatic carbocycles. The minimum Gasteiger partial charge on any atom is -0.337 e. The molecule has 0 fully saturated rings. The fourth-order valence-corrected chi connectivity index (χ4v) is 3.64. The van der Waals surface area contributed by atoms with Gasteiger partial charge in [-0.2, -0.15) is 0 Å². The largest absolute Gasteiger partial charge is 0.337 e. The Morgan fingerprint density at radius 3 is 2.43 bits per heavy atom. The van der Waals surface area contributed by atoms with Crippen LogP contribution in [-0.4, -0.2) is 26.3 Å². The number of anilines is 1. The molecule has 120 valence electrons. The van der Waals surface area contributed by atoms with Gasteiger partial charge in [-0.15, -0.1) is 0 Å². The van der Waals surface area contributed by atoms with Crippen LogP contribution in [0, 0.1) is 11.6 Å². The van der Waals surface area contributed by atoms with E-state index in [0.29, 0.717) is 12.1 Å². The third-order valence-corrected chi connectivity index (χ3v) is 4.97. The highest BCUT2D eigenvalue weighted by Gasteiger charge is 2.27. The van der Waals surface area contributed by atoms with E-state index in [-0.39, 0.29) is 11.6 Å². The summed E-state index contributed by atoms with van der Waals surface area (Å²) in [5, 5.41) is 0. The second-order valence-corrected chi connectivity index (χ2v) is 6.81. The van der Waals surface area contributed by atoms with Gasteiger partial charge in [0.05, 0.1) is 0 Å². The Morgan fingerprint density at radius 1 is 1.13 bits per heavy atom. The van der Waals surface area contributed by atoms with Gasteiger partial charge >= 0.3 is 0 Å². The van der Waals surface area contributed by atoms with E-state index in [4.69, 9.17) is 0 Å². The molecule has 1 aliphatic rings. The standard InChI is InChI=1S/C15H12F2N2O3S/c1-19-8-9-5-6-10(7-11(9)15(19)20)18-23(21,22)14-12(16)3-2-4-13(14)17/h2-7,18H,8H2,1H3. The molecule has 0 unspecified atom stereocenters. The van der Waals surface area contributed by atoms with Crippen LogP contribution < -0.4 is 4.72 Å². The van der Waals surface area contributed by atoms with E-state index >= 15 is 0 Å². The molecule has 1 amide bonds. The van der Waals surface area contributed by atoms with Gasteiger partial charge in [0, 0.05) is 24.8 Å². The zero-order valence-corrected chi connectivity index (χ0v) is 12.8. The number of sulfonamides is 1. The average molecular weight is 338 g/mol. The first-order valence-corrected chi connectivity index (χ1v) is 8.13. The summed E-state index contributed by atoms with van der Waals surface area (Å²) in [6.45, 7) is 0.434. The Kier molecular flexibility index (Phi) is 3.56. The molecule has 23 heavy (non-hydrogen) atoms. The van der Waals surface area contributed by atoms with Crippen molar-refractivity contribution in [3.05, 3.63) is 59.2 Å². The van der Waals surface area contributed by atoms with Crippen LogP contribution in [0.2, 0.25) is 0 Å². The van der Waals surface area contributed by atoms with Crippen molar-refractivity contribution >= 4 is 21.6 Å². The number of nitrogens with one attached hydrogen (secondary N) is 1. The minimum absolute atomic E-state index is 0.0649. The molecule has 8 heteroatoms. The lowest BCUT2D eigenvalue weighted by Crippen LogP contribution is -2.18. The normalized spacial score (nSPS) is 14.0. The third kappa shape index (κ3) is 2.65. The first-order valence-electron chi connectivity index (χ1n) is 6.65. The van der Waals surface area contributed by atoms with Gasteiger partial charge in [0.25, 0.3) is 15.9 Å². The van der Waals surface area contributed by atoms with Crippen LogP contribution in [0.25, 0.3) is 0 Å². The molecule has 0 bridgehead atoms. The van der Waals surface area contributed by atoms with E-state index in [1.54, 1.807) is 13.1 Å². The summed E-state index contributed by atoms with van der Waals surface area (Å²) in [7, 11) is -2.82. The number of carbonyl (C=O) groups is 1. The van der Waals surface area contributed by atoms with Crippen molar-refractivity contribution in [3.8, 4) is 0 Å². The molecule has 1 heterocycles. The van der Waals surface area contributed by atoms with Crippen LogP contribution in [-0.2, 0) is 16.6 Å². The Labute approximate surface area is 131 Å². The first kappa shape index (κ1) is 15.4. The summed E-state index contributed by atoms with van der Waals surface area (Å²) >= 11 is 0. The van der Waals surface area contributed by atoms with E-state index in [0.717, 1.165) is 23.8 Å². The van der Waals surface area contributed by atoms with Crippen molar-refractivity contribution < 1.29 is 22.0 Å². The van der Waals surface area contributed by atoms with Crippen LogP contribution in [0.5, 0.6) is 0 Å². The summed E-state index contributed by atoms with van der Waals surface area (Å²) in [5.74, 6) is -2.61. The van der Waals surface area contributed by atoms with Crippen molar-refractivity contribution in [2.24, 2.45) is 0 Å². The summed E-state index contributed by atoms with van der Waals surface area (Å²) < 4.78 is 53.8. The molecule has 0 saturated carbocycles. The fraction of sp³-hybridized carbons (Fsp3) is 0.133. The predicted molar refractivity (Wildman–Crippen MR) is 79.4 cm³/mol. The lowest BCUT2D eigenvalue weighted by molar-refractivity contribution is 0.0816. The molecular weight excluding hydrogens is 326 g/mol. The number of halogens is 2. The molecule has 1 N–H and O–H groups in total. The van der Waals surface area contributed by atoms with Crippen molar-refractivity contribution in [2.75, 3.05) is 11.8 Å². The topological polar surface area (TPSA) is 66.5 Å². The highest BCUT2D eigenvalue weighted by atomic mass is 32.2. The van der Waals surface area contributed by atoms with E-state index < -0.39 is 26.6 Å². The van der Waals surface area contributed by atoms with Crippen LogP contribution in [0.4, 0.5) is 14.5 Å². The maximum absolute atomic E-state index is 13.7. The minimum atomic E-state index is -4.45. The highest BCUT2D eigenvalue weighted by Crippen LogP contribution is 2.27. The Morgan fingerprint density at radius 2 is 1.78 bits per heavy atom. The SMILES string of the molecule is CN1Cc2ccc(NS(=O)(=O)c3c(F)cccc3F)cc2C1=O. The molecule has 0 radical (unpaired) electrons. The number of nitrogens with zero attached hydrogens (tertiary/aromatic N) is 1. The van der Waals surface area contributed by atoms with E-state index in [1.807, 2.05) is 0 Å². The summed E-state index contributed by atoms with van der Waals surface area (Å²) in [5.41, 5.74) is 1.19. The molecule has 2 aromatic carbocycles. The van der Waals surface area contributed by atoms with Crippen LogP contribution in [0.15, 0.2) is 41.3 Å². The molecule has 0 atom stereocenters. The van der Waals surface area contributed by atoms with Gasteiger partial charge in [-0.3, -0.25) is 9.52 Å². The quantitative estimate of drug-likeness (QED) is 0.934. The summed E-state index contributed by atoms with van der Waals surface area (Å²) in [6, 6.07) is 7.20. The fourth-order valence-electron chi connectivity index (χ4n) is 2.46. The molecule has 2 aromatic rings. The average Bonchev–Trinajstić information content (AvgIpc) is 2.73. The lowest BCUT2D eigenvalue weighted by Gasteiger charge is -2.10. The zero-order valence-electron chi connectivity index (χ0n) is 12.0.